The number of para-hydroxylation sites is 1. The summed E-state index contributed by atoms with van der Waals surface area (Å²) in [6.45, 7) is 2.17. The molecule has 0 atom stereocenters. The Bertz CT molecular complexity index is 962. The summed E-state index contributed by atoms with van der Waals surface area (Å²) < 4.78 is 28.5. The average molecular weight is 328 g/mol. The van der Waals surface area contributed by atoms with E-state index in [0.29, 0.717) is 17.4 Å². The van der Waals surface area contributed by atoms with Gasteiger partial charge in [-0.2, -0.15) is 5.10 Å². The van der Waals surface area contributed by atoms with Gasteiger partial charge in [0, 0.05) is 6.54 Å². The minimum Gasteiger partial charge on any atom is -0.277 e. The summed E-state index contributed by atoms with van der Waals surface area (Å²) >= 11 is 0. The second kappa shape index (κ2) is 6.57. The summed E-state index contributed by atoms with van der Waals surface area (Å²) in [6.07, 6.45) is 1.02. The minimum atomic E-state index is -0.722. The van der Waals surface area contributed by atoms with Gasteiger partial charge in [0.1, 0.15) is 11.6 Å². The number of anilines is 1. The van der Waals surface area contributed by atoms with Crippen molar-refractivity contribution in [1.82, 2.24) is 9.55 Å². The number of fused-ring (bicyclic) bond motifs is 1. The van der Waals surface area contributed by atoms with Gasteiger partial charge in [0.15, 0.2) is 0 Å². The van der Waals surface area contributed by atoms with Crippen LogP contribution in [0.1, 0.15) is 12.5 Å². The summed E-state index contributed by atoms with van der Waals surface area (Å²) in [5.41, 5.74) is 2.63. The largest absolute Gasteiger partial charge is 0.277 e. The Balaban J connectivity index is 1.98. The zero-order chi connectivity index (χ0) is 17.1. The molecule has 7 heteroatoms. The zero-order valence-corrected chi connectivity index (χ0v) is 12.8. The fourth-order valence-corrected chi connectivity index (χ4v) is 2.34. The molecule has 0 amide bonds. The molecule has 3 rings (SSSR count). The Hall–Kier alpha value is -3.09. The third-order valence-electron chi connectivity index (χ3n) is 3.54. The number of benzene rings is 2. The van der Waals surface area contributed by atoms with Crippen LogP contribution in [0.4, 0.5) is 14.7 Å². The lowest BCUT2D eigenvalue weighted by molar-refractivity contribution is 0.580. The number of nitrogens with zero attached hydrogens (tertiary/aromatic N) is 3. The van der Waals surface area contributed by atoms with Crippen molar-refractivity contribution in [3.63, 3.8) is 0 Å². The van der Waals surface area contributed by atoms with Crippen LogP contribution in [0.5, 0.6) is 0 Å². The van der Waals surface area contributed by atoms with Gasteiger partial charge in [0.25, 0.3) is 5.56 Å². The fraction of sp³-hybridized carbons (Fsp3) is 0.118. The molecule has 0 bridgehead atoms. The lowest BCUT2D eigenvalue weighted by atomic mass is 10.2. The second-order valence-corrected chi connectivity index (χ2v) is 5.01. The highest BCUT2D eigenvalue weighted by molar-refractivity contribution is 5.81. The van der Waals surface area contributed by atoms with Gasteiger partial charge in [0.05, 0.1) is 22.7 Å². The van der Waals surface area contributed by atoms with Crippen molar-refractivity contribution in [2.75, 3.05) is 5.43 Å². The number of hydrazone groups is 1. The summed E-state index contributed by atoms with van der Waals surface area (Å²) in [7, 11) is 0. The van der Waals surface area contributed by atoms with E-state index >= 15 is 0 Å². The molecule has 0 fully saturated rings. The number of hydrogen-bond acceptors (Lipinski definition) is 4. The lowest BCUT2D eigenvalue weighted by Gasteiger charge is -2.10. The van der Waals surface area contributed by atoms with E-state index in [0.717, 1.165) is 18.3 Å². The summed E-state index contributed by atoms with van der Waals surface area (Å²) in [5, 5.41) is 4.31. The molecule has 0 aliphatic rings. The number of nitrogens with one attached hydrogen (secondary N) is 1. The van der Waals surface area contributed by atoms with Crippen molar-refractivity contribution in [1.29, 1.82) is 0 Å². The van der Waals surface area contributed by atoms with Crippen molar-refractivity contribution in [3.05, 3.63) is 70.0 Å². The standard InChI is InChI=1S/C17H14F2N4O/c1-2-23-16(24)11-6-3-4-9-15(11)21-17(23)22-20-10-12-13(18)7-5-8-14(12)19/h3-10H,2H2,1H3,(H,21,22)/b20-10-. The smallest absolute Gasteiger partial charge is 0.262 e. The Kier molecular flexibility index (Phi) is 4.33. The molecular weight excluding hydrogens is 314 g/mol. The Morgan fingerprint density at radius 2 is 1.88 bits per heavy atom. The van der Waals surface area contributed by atoms with Crippen LogP contribution in [0.3, 0.4) is 0 Å². The molecule has 122 valence electrons. The van der Waals surface area contributed by atoms with Crippen LogP contribution in [0.2, 0.25) is 0 Å². The summed E-state index contributed by atoms with van der Waals surface area (Å²) in [5.74, 6) is -1.24. The molecule has 0 saturated heterocycles. The first-order valence-electron chi connectivity index (χ1n) is 7.34. The van der Waals surface area contributed by atoms with Crippen molar-refractivity contribution in [3.8, 4) is 0 Å². The molecule has 24 heavy (non-hydrogen) atoms. The number of aromatic nitrogens is 2. The molecular formula is C17H14F2N4O. The van der Waals surface area contributed by atoms with Crippen LogP contribution in [0, 0.1) is 11.6 Å². The predicted octanol–water partition coefficient (Wildman–Crippen LogP) is 3.14. The van der Waals surface area contributed by atoms with Crippen LogP contribution in [-0.2, 0) is 6.54 Å². The van der Waals surface area contributed by atoms with Gasteiger partial charge < -0.3 is 0 Å². The molecule has 0 radical (unpaired) electrons. The normalized spacial score (nSPS) is 11.3. The van der Waals surface area contributed by atoms with E-state index in [1.165, 1.54) is 10.6 Å². The third kappa shape index (κ3) is 2.88. The monoisotopic (exact) mass is 328 g/mol. The van der Waals surface area contributed by atoms with E-state index in [-0.39, 0.29) is 17.1 Å². The van der Waals surface area contributed by atoms with Crippen LogP contribution >= 0.6 is 0 Å². The van der Waals surface area contributed by atoms with Crippen LogP contribution < -0.4 is 11.0 Å². The Labute approximate surface area is 136 Å². The van der Waals surface area contributed by atoms with Gasteiger partial charge in [-0.15, -0.1) is 0 Å². The molecule has 2 aromatic carbocycles. The molecule has 0 spiro atoms. The zero-order valence-electron chi connectivity index (χ0n) is 12.8. The number of rotatable bonds is 4. The fourth-order valence-electron chi connectivity index (χ4n) is 2.34. The summed E-state index contributed by atoms with van der Waals surface area (Å²) in [6, 6.07) is 10.5. The highest BCUT2D eigenvalue weighted by atomic mass is 19.1. The first-order chi connectivity index (χ1) is 11.6. The van der Waals surface area contributed by atoms with Gasteiger partial charge >= 0.3 is 0 Å². The molecule has 0 saturated carbocycles. The topological polar surface area (TPSA) is 59.3 Å². The first kappa shape index (κ1) is 15.8. The molecule has 3 aromatic rings. The molecule has 1 aromatic heterocycles. The van der Waals surface area contributed by atoms with E-state index in [4.69, 9.17) is 0 Å². The first-order valence-corrected chi connectivity index (χ1v) is 7.34. The van der Waals surface area contributed by atoms with Crippen LogP contribution in [-0.4, -0.2) is 15.8 Å². The van der Waals surface area contributed by atoms with E-state index in [1.807, 2.05) is 0 Å². The van der Waals surface area contributed by atoms with Crippen LogP contribution in [0.15, 0.2) is 52.4 Å². The number of halogens is 2. The maximum Gasteiger partial charge on any atom is 0.262 e. The molecule has 0 aliphatic carbocycles. The highest BCUT2D eigenvalue weighted by Gasteiger charge is 2.09. The predicted molar refractivity (Wildman–Crippen MR) is 89.3 cm³/mol. The van der Waals surface area contributed by atoms with Gasteiger partial charge in [-0.1, -0.05) is 18.2 Å². The quantitative estimate of drug-likeness (QED) is 0.591. The van der Waals surface area contributed by atoms with Gasteiger partial charge in [-0.05, 0) is 31.2 Å². The van der Waals surface area contributed by atoms with Gasteiger partial charge in [-0.25, -0.2) is 19.2 Å². The Morgan fingerprint density at radius 1 is 1.17 bits per heavy atom. The molecule has 0 unspecified atom stereocenters. The van der Waals surface area contributed by atoms with Crippen molar-refractivity contribution in [2.45, 2.75) is 13.5 Å². The maximum atomic E-state index is 13.6. The lowest BCUT2D eigenvalue weighted by Crippen LogP contribution is -2.23. The van der Waals surface area contributed by atoms with Crippen LogP contribution in [0.25, 0.3) is 10.9 Å². The van der Waals surface area contributed by atoms with Crippen molar-refractivity contribution in [2.24, 2.45) is 5.10 Å². The highest BCUT2D eigenvalue weighted by Crippen LogP contribution is 2.12. The average Bonchev–Trinajstić information content (AvgIpc) is 2.58. The Morgan fingerprint density at radius 3 is 2.58 bits per heavy atom. The molecule has 1 N–H and O–H groups in total. The minimum absolute atomic E-state index is 0.203. The SMILES string of the molecule is CCn1c(N/N=C\c2c(F)cccc2F)nc2ccccc2c1=O. The summed E-state index contributed by atoms with van der Waals surface area (Å²) in [4.78, 5) is 16.8. The van der Waals surface area contributed by atoms with Crippen molar-refractivity contribution < 1.29 is 8.78 Å². The molecule has 0 aliphatic heterocycles. The van der Waals surface area contributed by atoms with E-state index < -0.39 is 11.6 Å². The van der Waals surface area contributed by atoms with E-state index in [9.17, 15) is 13.6 Å². The molecule has 1 heterocycles. The number of hydrogen-bond donors (Lipinski definition) is 1. The third-order valence-corrected chi connectivity index (χ3v) is 3.54. The maximum absolute atomic E-state index is 13.6. The van der Waals surface area contributed by atoms with Crippen molar-refractivity contribution >= 4 is 23.1 Å². The van der Waals surface area contributed by atoms with Gasteiger partial charge in [0.2, 0.25) is 5.95 Å². The van der Waals surface area contributed by atoms with E-state index in [1.54, 1.807) is 31.2 Å². The van der Waals surface area contributed by atoms with Gasteiger partial charge in [-0.3, -0.25) is 9.36 Å². The second-order valence-electron chi connectivity index (χ2n) is 5.01. The van der Waals surface area contributed by atoms with E-state index in [2.05, 4.69) is 15.5 Å². The molecule has 5 nitrogen and oxygen atoms in total.